The second-order valence-corrected chi connectivity index (χ2v) is 5.58. The maximum atomic E-state index is 4.68. The Morgan fingerprint density at radius 1 is 1.15 bits per heavy atom. The lowest BCUT2D eigenvalue weighted by Crippen LogP contribution is -2.09. The van der Waals surface area contributed by atoms with Crippen molar-refractivity contribution < 1.29 is 0 Å². The highest BCUT2D eigenvalue weighted by atomic mass is 15.1. The van der Waals surface area contributed by atoms with Gasteiger partial charge in [0.1, 0.15) is 11.5 Å². The summed E-state index contributed by atoms with van der Waals surface area (Å²) in [5, 5.41) is 3.19. The van der Waals surface area contributed by atoms with Crippen LogP contribution in [0.1, 0.15) is 50.9 Å². The Morgan fingerprint density at radius 3 is 2.40 bits per heavy atom. The van der Waals surface area contributed by atoms with Crippen LogP contribution >= 0.6 is 0 Å². The van der Waals surface area contributed by atoms with Gasteiger partial charge in [0.15, 0.2) is 5.82 Å². The summed E-state index contributed by atoms with van der Waals surface area (Å²) in [6.45, 7) is 10.6. The molecule has 0 radical (unpaired) electrons. The molecule has 0 spiro atoms. The van der Waals surface area contributed by atoms with Gasteiger partial charge in [-0.15, -0.1) is 0 Å². The highest BCUT2D eigenvalue weighted by Crippen LogP contribution is 2.28. The Bertz CT molecular complexity index is 598. The summed E-state index contributed by atoms with van der Waals surface area (Å²) in [5.41, 5.74) is 3.15. The Balaban J connectivity index is 2.59. The lowest BCUT2D eigenvalue weighted by molar-refractivity contribution is 0.603. The van der Waals surface area contributed by atoms with Crippen LogP contribution in [-0.4, -0.2) is 26.6 Å². The molecule has 0 aromatic carbocycles. The molecule has 0 amide bonds. The third-order valence-electron chi connectivity index (χ3n) is 3.40. The summed E-state index contributed by atoms with van der Waals surface area (Å²) in [6, 6.07) is 0.333. The second-order valence-electron chi connectivity index (χ2n) is 5.58. The molecule has 1 N–H and O–H groups in total. The lowest BCUT2D eigenvalue weighted by atomic mass is 10.0. The van der Waals surface area contributed by atoms with Crippen LogP contribution in [0.5, 0.6) is 0 Å². The molecule has 0 saturated heterocycles. The van der Waals surface area contributed by atoms with Crippen LogP contribution < -0.4 is 5.32 Å². The maximum Gasteiger partial charge on any atom is 0.180 e. The first kappa shape index (κ1) is 14.5. The molecule has 5 nitrogen and oxygen atoms in total. The van der Waals surface area contributed by atoms with Crippen molar-refractivity contribution in [1.82, 2.24) is 19.5 Å². The van der Waals surface area contributed by atoms with Crippen LogP contribution in [0.15, 0.2) is 12.5 Å². The van der Waals surface area contributed by atoms with E-state index < -0.39 is 0 Å². The van der Waals surface area contributed by atoms with Crippen LogP contribution in [0.3, 0.4) is 0 Å². The molecule has 0 aliphatic heterocycles. The third-order valence-corrected chi connectivity index (χ3v) is 3.40. The van der Waals surface area contributed by atoms with Crippen LogP contribution in [0, 0.1) is 6.92 Å². The number of anilines is 1. The van der Waals surface area contributed by atoms with Gasteiger partial charge in [0.25, 0.3) is 0 Å². The first-order valence-corrected chi connectivity index (χ1v) is 7.04. The number of aromatic nitrogens is 4. The molecular weight excluding hydrogens is 250 g/mol. The summed E-state index contributed by atoms with van der Waals surface area (Å²) in [6.07, 6.45) is 3.65. The molecular formula is C15H23N5. The van der Waals surface area contributed by atoms with Crippen LogP contribution in [0.25, 0.3) is 11.5 Å². The van der Waals surface area contributed by atoms with Crippen molar-refractivity contribution in [2.75, 3.05) is 12.4 Å². The van der Waals surface area contributed by atoms with E-state index in [2.05, 4.69) is 52.5 Å². The van der Waals surface area contributed by atoms with Crippen LogP contribution in [0.2, 0.25) is 0 Å². The van der Waals surface area contributed by atoms with Gasteiger partial charge in [-0.3, -0.25) is 0 Å². The van der Waals surface area contributed by atoms with E-state index in [1.165, 1.54) is 5.56 Å². The zero-order valence-corrected chi connectivity index (χ0v) is 13.1. The van der Waals surface area contributed by atoms with Crippen molar-refractivity contribution in [3.63, 3.8) is 0 Å². The number of imidazole rings is 1. The summed E-state index contributed by atoms with van der Waals surface area (Å²) in [5.74, 6) is 2.02. The SMILES string of the molecule is CNc1nc(-c2cncn2C(C)C)nc(C)c1C(C)C. The zero-order chi connectivity index (χ0) is 14.9. The van der Waals surface area contributed by atoms with Crippen molar-refractivity contribution in [2.45, 2.75) is 46.6 Å². The van der Waals surface area contributed by atoms with Gasteiger partial charge in [0.2, 0.25) is 0 Å². The topological polar surface area (TPSA) is 55.6 Å². The molecule has 0 atom stereocenters. The Kier molecular flexibility index (Phi) is 4.06. The van der Waals surface area contributed by atoms with E-state index >= 15 is 0 Å². The normalized spacial score (nSPS) is 11.4. The van der Waals surface area contributed by atoms with Crippen molar-refractivity contribution in [3.05, 3.63) is 23.8 Å². The monoisotopic (exact) mass is 273 g/mol. The highest BCUT2D eigenvalue weighted by Gasteiger charge is 2.17. The van der Waals surface area contributed by atoms with Crippen molar-refractivity contribution in [2.24, 2.45) is 0 Å². The molecule has 0 bridgehead atoms. The summed E-state index contributed by atoms with van der Waals surface area (Å²) < 4.78 is 2.09. The lowest BCUT2D eigenvalue weighted by Gasteiger charge is -2.17. The summed E-state index contributed by atoms with van der Waals surface area (Å²) in [7, 11) is 1.90. The Morgan fingerprint density at radius 2 is 1.85 bits per heavy atom. The van der Waals surface area contributed by atoms with Crippen molar-refractivity contribution >= 4 is 5.82 Å². The minimum Gasteiger partial charge on any atom is -0.373 e. The Hall–Kier alpha value is -1.91. The van der Waals surface area contributed by atoms with Gasteiger partial charge in [-0.05, 0) is 26.7 Å². The molecule has 2 aromatic heterocycles. The molecule has 0 fully saturated rings. The first-order chi connectivity index (χ1) is 9.45. The van der Waals surface area contributed by atoms with Crippen LogP contribution in [-0.2, 0) is 0 Å². The van der Waals surface area contributed by atoms with Crippen LogP contribution in [0.4, 0.5) is 5.82 Å². The second kappa shape index (κ2) is 5.61. The first-order valence-electron chi connectivity index (χ1n) is 7.04. The number of aryl methyl sites for hydroxylation is 1. The van der Waals surface area contributed by atoms with Crippen molar-refractivity contribution in [3.8, 4) is 11.5 Å². The molecule has 2 aromatic rings. The average molecular weight is 273 g/mol. The molecule has 2 heterocycles. The van der Waals surface area contributed by atoms with E-state index in [-0.39, 0.29) is 0 Å². The molecule has 0 aliphatic carbocycles. The van der Waals surface area contributed by atoms with E-state index in [9.17, 15) is 0 Å². The Labute approximate surface area is 120 Å². The number of hydrogen-bond donors (Lipinski definition) is 1. The van der Waals surface area contributed by atoms with E-state index in [1.54, 1.807) is 0 Å². The van der Waals surface area contributed by atoms with Gasteiger partial charge in [-0.1, -0.05) is 13.8 Å². The molecule has 0 unspecified atom stereocenters. The summed E-state index contributed by atoms with van der Waals surface area (Å²) in [4.78, 5) is 13.6. The van der Waals surface area contributed by atoms with E-state index in [4.69, 9.17) is 0 Å². The van der Waals surface area contributed by atoms with Gasteiger partial charge in [0, 0.05) is 24.3 Å². The van der Waals surface area contributed by atoms with Gasteiger partial charge in [-0.2, -0.15) is 0 Å². The zero-order valence-electron chi connectivity index (χ0n) is 13.1. The minimum atomic E-state index is 0.333. The highest BCUT2D eigenvalue weighted by molar-refractivity contribution is 5.57. The molecule has 20 heavy (non-hydrogen) atoms. The largest absolute Gasteiger partial charge is 0.373 e. The number of hydrogen-bond acceptors (Lipinski definition) is 4. The molecule has 5 heteroatoms. The quantitative estimate of drug-likeness (QED) is 0.927. The number of rotatable bonds is 4. The fourth-order valence-electron chi connectivity index (χ4n) is 2.47. The summed E-state index contributed by atoms with van der Waals surface area (Å²) >= 11 is 0. The van der Waals surface area contributed by atoms with Gasteiger partial charge in [0.05, 0.1) is 12.5 Å². The number of nitrogens with zero attached hydrogens (tertiary/aromatic N) is 4. The average Bonchev–Trinajstić information content (AvgIpc) is 2.86. The smallest absolute Gasteiger partial charge is 0.180 e. The van der Waals surface area contributed by atoms with Gasteiger partial charge in [-0.25, -0.2) is 15.0 Å². The van der Waals surface area contributed by atoms with E-state index in [1.807, 2.05) is 26.5 Å². The van der Waals surface area contributed by atoms with E-state index in [0.29, 0.717) is 12.0 Å². The standard InChI is InChI=1S/C15H23N5/c1-9(2)13-11(5)18-14(19-15(13)16-6)12-7-17-8-20(12)10(3)4/h7-10H,1-6H3,(H,16,18,19). The molecule has 2 rings (SSSR count). The molecule has 0 saturated carbocycles. The molecule has 0 aliphatic rings. The fourth-order valence-corrected chi connectivity index (χ4v) is 2.47. The fraction of sp³-hybridized carbons (Fsp3) is 0.533. The number of nitrogens with one attached hydrogen (secondary N) is 1. The van der Waals surface area contributed by atoms with E-state index in [0.717, 1.165) is 23.0 Å². The molecule has 108 valence electrons. The maximum absolute atomic E-state index is 4.68. The minimum absolute atomic E-state index is 0.333. The van der Waals surface area contributed by atoms with Gasteiger partial charge >= 0.3 is 0 Å². The van der Waals surface area contributed by atoms with Gasteiger partial charge < -0.3 is 9.88 Å². The predicted molar refractivity (Wildman–Crippen MR) is 82.0 cm³/mol. The van der Waals surface area contributed by atoms with Crippen molar-refractivity contribution in [1.29, 1.82) is 0 Å². The third kappa shape index (κ3) is 2.53. The predicted octanol–water partition coefficient (Wildman–Crippen LogP) is 3.39.